The summed E-state index contributed by atoms with van der Waals surface area (Å²) in [5.41, 5.74) is 2.68. The Kier molecular flexibility index (Phi) is 6.09. The second-order valence-electron chi connectivity index (χ2n) is 6.08. The highest BCUT2D eigenvalue weighted by atomic mass is 16.1. The van der Waals surface area contributed by atoms with E-state index in [4.69, 9.17) is 0 Å². The molecule has 25 heavy (non-hydrogen) atoms. The molecule has 0 spiro atoms. The molecule has 2 heterocycles. The van der Waals surface area contributed by atoms with Gasteiger partial charge in [0.15, 0.2) is 0 Å². The lowest BCUT2D eigenvalue weighted by Crippen LogP contribution is -2.24. The number of pyridine rings is 1. The van der Waals surface area contributed by atoms with Crippen LogP contribution in [0.2, 0.25) is 0 Å². The number of allylic oxidation sites excluding steroid dienone is 1. The van der Waals surface area contributed by atoms with Crippen LogP contribution >= 0.6 is 0 Å². The molecule has 0 fully saturated rings. The maximum absolute atomic E-state index is 12.2. The molecule has 130 valence electrons. The minimum Gasteiger partial charge on any atom is -0.370 e. The van der Waals surface area contributed by atoms with Crippen molar-refractivity contribution in [1.82, 2.24) is 20.3 Å². The van der Waals surface area contributed by atoms with Crippen molar-refractivity contribution < 1.29 is 4.79 Å². The number of aromatic nitrogens is 3. The standard InChI is InChI=1S/C19H23N5O/c25-19(22-13-16-8-4-5-10-20-16)17-12-18(24-14-23-17)21-11-9-15-6-2-1-3-7-15/h4-6,8,10,12,14H,1-3,7,9,11,13H2,(H,22,25)(H,21,23,24). The molecule has 2 aromatic heterocycles. The third-order valence-electron chi connectivity index (χ3n) is 4.19. The van der Waals surface area contributed by atoms with Crippen molar-refractivity contribution in [2.75, 3.05) is 11.9 Å². The summed E-state index contributed by atoms with van der Waals surface area (Å²) in [6, 6.07) is 7.29. The Bertz CT molecular complexity index is 730. The lowest BCUT2D eigenvalue weighted by Gasteiger charge is -2.13. The minimum absolute atomic E-state index is 0.230. The topological polar surface area (TPSA) is 79.8 Å². The summed E-state index contributed by atoms with van der Waals surface area (Å²) in [4.78, 5) is 24.7. The van der Waals surface area contributed by atoms with Gasteiger partial charge in [0.1, 0.15) is 17.8 Å². The quantitative estimate of drug-likeness (QED) is 0.759. The number of carbonyl (C=O) groups is 1. The van der Waals surface area contributed by atoms with Crippen LogP contribution < -0.4 is 10.6 Å². The molecular weight excluding hydrogens is 314 g/mol. The fraction of sp³-hybridized carbons (Fsp3) is 0.368. The molecule has 2 aromatic rings. The minimum atomic E-state index is -0.230. The van der Waals surface area contributed by atoms with Crippen LogP contribution in [0, 0.1) is 0 Å². The van der Waals surface area contributed by atoms with E-state index in [1.54, 1.807) is 12.3 Å². The molecule has 0 bridgehead atoms. The van der Waals surface area contributed by atoms with Crippen LogP contribution in [0.15, 0.2) is 48.4 Å². The van der Waals surface area contributed by atoms with Gasteiger partial charge in [-0.15, -0.1) is 0 Å². The van der Waals surface area contributed by atoms with E-state index in [0.29, 0.717) is 18.1 Å². The zero-order valence-electron chi connectivity index (χ0n) is 14.2. The van der Waals surface area contributed by atoms with Crippen molar-refractivity contribution in [2.24, 2.45) is 0 Å². The molecule has 0 aromatic carbocycles. The van der Waals surface area contributed by atoms with Gasteiger partial charge in [0.05, 0.1) is 12.2 Å². The van der Waals surface area contributed by atoms with Gasteiger partial charge in [0.25, 0.3) is 5.91 Å². The lowest BCUT2D eigenvalue weighted by molar-refractivity contribution is 0.0945. The number of carbonyl (C=O) groups excluding carboxylic acids is 1. The Morgan fingerprint density at radius 3 is 2.92 bits per heavy atom. The van der Waals surface area contributed by atoms with Crippen LogP contribution in [0.3, 0.4) is 0 Å². The van der Waals surface area contributed by atoms with Crippen molar-refractivity contribution in [3.05, 3.63) is 59.8 Å². The maximum Gasteiger partial charge on any atom is 0.270 e. The summed E-state index contributed by atoms with van der Waals surface area (Å²) in [5.74, 6) is 0.445. The molecule has 0 atom stereocenters. The molecular formula is C19H23N5O. The van der Waals surface area contributed by atoms with Crippen molar-refractivity contribution >= 4 is 11.7 Å². The highest BCUT2D eigenvalue weighted by Crippen LogP contribution is 2.19. The molecule has 1 aliphatic carbocycles. The molecule has 0 saturated heterocycles. The van der Waals surface area contributed by atoms with E-state index in [1.165, 1.54) is 37.6 Å². The van der Waals surface area contributed by atoms with Crippen LogP contribution in [0.5, 0.6) is 0 Å². The molecule has 3 rings (SSSR count). The first-order valence-electron chi connectivity index (χ1n) is 8.73. The Labute approximate surface area is 147 Å². The van der Waals surface area contributed by atoms with Crippen LogP contribution in [0.4, 0.5) is 5.82 Å². The van der Waals surface area contributed by atoms with Gasteiger partial charge in [-0.1, -0.05) is 17.7 Å². The first-order chi connectivity index (χ1) is 12.3. The van der Waals surface area contributed by atoms with E-state index >= 15 is 0 Å². The van der Waals surface area contributed by atoms with Crippen LogP contribution in [-0.4, -0.2) is 27.4 Å². The predicted octanol–water partition coefficient (Wildman–Crippen LogP) is 3.10. The average molecular weight is 337 g/mol. The van der Waals surface area contributed by atoms with Crippen LogP contribution in [0.25, 0.3) is 0 Å². The molecule has 6 nitrogen and oxygen atoms in total. The van der Waals surface area contributed by atoms with E-state index in [-0.39, 0.29) is 5.91 Å². The smallest absolute Gasteiger partial charge is 0.270 e. The van der Waals surface area contributed by atoms with Crippen molar-refractivity contribution in [3.63, 3.8) is 0 Å². The van der Waals surface area contributed by atoms with Gasteiger partial charge >= 0.3 is 0 Å². The van der Waals surface area contributed by atoms with E-state index in [0.717, 1.165) is 18.7 Å². The van der Waals surface area contributed by atoms with Crippen LogP contribution in [0.1, 0.15) is 48.3 Å². The first kappa shape index (κ1) is 17.1. The number of anilines is 1. The summed E-state index contributed by atoms with van der Waals surface area (Å²) in [5, 5.41) is 6.10. The molecule has 1 aliphatic rings. The largest absolute Gasteiger partial charge is 0.370 e. The monoisotopic (exact) mass is 337 g/mol. The molecule has 0 unspecified atom stereocenters. The van der Waals surface area contributed by atoms with Crippen LogP contribution in [-0.2, 0) is 6.54 Å². The SMILES string of the molecule is O=C(NCc1ccccn1)c1cc(NCCC2=CCCCC2)ncn1. The van der Waals surface area contributed by atoms with Crippen molar-refractivity contribution in [1.29, 1.82) is 0 Å². The van der Waals surface area contributed by atoms with E-state index in [2.05, 4.69) is 31.7 Å². The molecule has 2 N–H and O–H groups in total. The second kappa shape index (κ2) is 8.92. The molecule has 0 radical (unpaired) electrons. The van der Waals surface area contributed by atoms with Crippen molar-refractivity contribution in [2.45, 2.75) is 38.6 Å². The normalized spacial score (nSPS) is 13.8. The highest BCUT2D eigenvalue weighted by Gasteiger charge is 2.09. The zero-order chi connectivity index (χ0) is 17.3. The summed E-state index contributed by atoms with van der Waals surface area (Å²) in [7, 11) is 0. The predicted molar refractivity (Wildman–Crippen MR) is 97.1 cm³/mol. The van der Waals surface area contributed by atoms with Gasteiger partial charge in [-0.25, -0.2) is 9.97 Å². The average Bonchev–Trinajstić information content (AvgIpc) is 2.68. The fourth-order valence-electron chi connectivity index (χ4n) is 2.83. The first-order valence-corrected chi connectivity index (χ1v) is 8.73. The number of nitrogens with one attached hydrogen (secondary N) is 2. The second-order valence-corrected chi connectivity index (χ2v) is 6.08. The number of amides is 1. The number of hydrogen-bond donors (Lipinski definition) is 2. The van der Waals surface area contributed by atoms with Gasteiger partial charge in [0, 0.05) is 18.8 Å². The summed E-state index contributed by atoms with van der Waals surface area (Å²) >= 11 is 0. The van der Waals surface area contributed by atoms with Gasteiger partial charge in [-0.05, 0) is 44.2 Å². The summed E-state index contributed by atoms with van der Waals surface area (Å²) < 4.78 is 0. The molecule has 6 heteroatoms. The third-order valence-corrected chi connectivity index (χ3v) is 4.19. The van der Waals surface area contributed by atoms with E-state index in [9.17, 15) is 4.79 Å². The third kappa shape index (κ3) is 5.38. The number of hydrogen-bond acceptors (Lipinski definition) is 5. The number of nitrogens with zero attached hydrogens (tertiary/aromatic N) is 3. The summed E-state index contributed by atoms with van der Waals surface area (Å²) in [6.45, 7) is 1.19. The Balaban J connectivity index is 1.50. The Morgan fingerprint density at radius 2 is 2.12 bits per heavy atom. The zero-order valence-corrected chi connectivity index (χ0v) is 14.2. The fourth-order valence-corrected chi connectivity index (χ4v) is 2.83. The highest BCUT2D eigenvalue weighted by molar-refractivity contribution is 5.92. The maximum atomic E-state index is 12.2. The Hall–Kier alpha value is -2.76. The van der Waals surface area contributed by atoms with Gasteiger partial charge in [-0.3, -0.25) is 9.78 Å². The molecule has 0 aliphatic heterocycles. The van der Waals surface area contributed by atoms with Crippen molar-refractivity contribution in [3.8, 4) is 0 Å². The molecule has 1 amide bonds. The van der Waals surface area contributed by atoms with E-state index < -0.39 is 0 Å². The van der Waals surface area contributed by atoms with Gasteiger partial charge < -0.3 is 10.6 Å². The molecule has 0 saturated carbocycles. The van der Waals surface area contributed by atoms with Gasteiger partial charge in [0.2, 0.25) is 0 Å². The van der Waals surface area contributed by atoms with Gasteiger partial charge in [-0.2, -0.15) is 0 Å². The number of rotatable bonds is 7. The summed E-state index contributed by atoms with van der Waals surface area (Å²) in [6.07, 6.45) is 11.5. The van der Waals surface area contributed by atoms with E-state index in [1.807, 2.05) is 18.2 Å². The Morgan fingerprint density at radius 1 is 1.16 bits per heavy atom. The lowest BCUT2D eigenvalue weighted by atomic mass is 9.97.